The van der Waals surface area contributed by atoms with Crippen LogP contribution in [0.15, 0.2) is 16.6 Å². The summed E-state index contributed by atoms with van der Waals surface area (Å²) >= 11 is 12.4. The minimum atomic E-state index is -0.0932. The smallest absolute Gasteiger partial charge is 0.225 e. The molecule has 1 aromatic carbocycles. The fourth-order valence-corrected chi connectivity index (χ4v) is 2.49. The maximum Gasteiger partial charge on any atom is 0.225 e. The second kappa shape index (κ2) is 6.47. The molecule has 88 valence electrons. The van der Waals surface area contributed by atoms with Gasteiger partial charge >= 0.3 is 0 Å². The number of nitrogens with one attached hydrogen (secondary N) is 1. The Morgan fingerprint density at radius 2 is 2.25 bits per heavy atom. The average Bonchev–Trinajstić information content (AvgIpc) is 2.17. The molecule has 0 atom stereocenters. The average molecular weight is 371 g/mol. The van der Waals surface area contributed by atoms with Gasteiger partial charge in [-0.3, -0.25) is 4.79 Å². The van der Waals surface area contributed by atoms with E-state index < -0.39 is 0 Å². The quantitative estimate of drug-likeness (QED) is 0.817. The Hall–Kier alpha value is -0.260. The van der Waals surface area contributed by atoms with Gasteiger partial charge in [0.2, 0.25) is 5.91 Å². The monoisotopic (exact) mass is 369 g/mol. The lowest BCUT2D eigenvalue weighted by Gasteiger charge is -2.12. The number of benzene rings is 1. The van der Waals surface area contributed by atoms with Crippen LogP contribution in [0.3, 0.4) is 0 Å². The van der Waals surface area contributed by atoms with Crippen molar-refractivity contribution in [2.45, 2.75) is 6.42 Å². The van der Waals surface area contributed by atoms with Crippen molar-refractivity contribution in [3.05, 3.63) is 21.6 Å². The number of ether oxygens (including phenoxy) is 1. The first-order valence-corrected chi connectivity index (χ1v) is 6.76. The summed E-state index contributed by atoms with van der Waals surface area (Å²) in [5.41, 5.74) is 0.563. The molecule has 0 unspecified atom stereocenters. The van der Waals surface area contributed by atoms with Crippen molar-refractivity contribution in [3.8, 4) is 5.75 Å². The topological polar surface area (TPSA) is 38.3 Å². The zero-order valence-corrected chi connectivity index (χ0v) is 12.4. The van der Waals surface area contributed by atoms with Gasteiger partial charge in [-0.1, -0.05) is 27.5 Å². The summed E-state index contributed by atoms with van der Waals surface area (Å²) in [6, 6.07) is 3.36. The number of halogens is 3. The fraction of sp³-hybridized carbons (Fsp3) is 0.300. The first kappa shape index (κ1) is 13.8. The molecule has 0 saturated carbocycles. The number of carbonyl (C=O) groups is 1. The molecule has 0 aliphatic rings. The van der Waals surface area contributed by atoms with Crippen LogP contribution in [-0.2, 0) is 4.79 Å². The van der Waals surface area contributed by atoms with Gasteiger partial charge in [0, 0.05) is 16.8 Å². The van der Waals surface area contributed by atoms with E-state index in [0.29, 0.717) is 32.7 Å². The molecule has 1 aromatic rings. The Balaban J connectivity index is 2.97. The fourth-order valence-electron chi connectivity index (χ4n) is 1.16. The SMILES string of the molecule is COc1c(Br)cc(Cl)cc1NC(=O)CCBr. The van der Waals surface area contributed by atoms with Gasteiger partial charge in [0.15, 0.2) is 5.75 Å². The Labute approximate surface area is 116 Å². The molecule has 6 heteroatoms. The molecule has 0 spiro atoms. The summed E-state index contributed by atoms with van der Waals surface area (Å²) in [6.45, 7) is 0. The van der Waals surface area contributed by atoms with Crippen molar-refractivity contribution in [2.75, 3.05) is 17.8 Å². The van der Waals surface area contributed by atoms with Crippen LogP contribution in [0, 0.1) is 0 Å². The van der Waals surface area contributed by atoms with Crippen molar-refractivity contribution in [1.29, 1.82) is 0 Å². The van der Waals surface area contributed by atoms with Crippen LogP contribution < -0.4 is 10.1 Å². The molecule has 1 rings (SSSR count). The molecule has 1 amide bonds. The largest absolute Gasteiger partial charge is 0.493 e. The summed E-state index contributed by atoms with van der Waals surface area (Å²) in [6.07, 6.45) is 0.396. The Bertz CT molecular complexity index is 399. The molecular weight excluding hydrogens is 361 g/mol. The van der Waals surface area contributed by atoms with Crippen molar-refractivity contribution < 1.29 is 9.53 Å². The van der Waals surface area contributed by atoms with Crippen LogP contribution in [0.4, 0.5) is 5.69 Å². The van der Waals surface area contributed by atoms with E-state index in [1.54, 1.807) is 12.1 Å². The lowest BCUT2D eigenvalue weighted by Crippen LogP contribution is -2.12. The summed E-state index contributed by atoms with van der Waals surface area (Å²) in [5, 5.41) is 3.88. The number of methoxy groups -OCH3 is 1. The van der Waals surface area contributed by atoms with E-state index in [1.165, 1.54) is 7.11 Å². The lowest BCUT2D eigenvalue weighted by molar-refractivity contribution is -0.115. The molecule has 0 heterocycles. The van der Waals surface area contributed by atoms with Gasteiger partial charge in [-0.15, -0.1) is 0 Å². The molecule has 3 nitrogen and oxygen atoms in total. The number of amides is 1. The molecule has 0 bridgehead atoms. The molecule has 0 aliphatic heterocycles. The highest BCUT2D eigenvalue weighted by Crippen LogP contribution is 2.36. The highest BCUT2D eigenvalue weighted by Gasteiger charge is 2.11. The Kier molecular flexibility index (Phi) is 5.58. The number of rotatable bonds is 4. The molecule has 0 saturated heterocycles. The Morgan fingerprint density at radius 3 is 2.81 bits per heavy atom. The van der Waals surface area contributed by atoms with Crippen molar-refractivity contribution >= 4 is 55.1 Å². The third-order valence-corrected chi connectivity index (χ3v) is 3.01. The van der Waals surface area contributed by atoms with E-state index in [0.717, 1.165) is 0 Å². The van der Waals surface area contributed by atoms with E-state index in [1.807, 2.05) is 0 Å². The number of anilines is 1. The summed E-state index contributed by atoms with van der Waals surface area (Å²) in [7, 11) is 1.54. The molecule has 1 N–H and O–H groups in total. The standard InChI is InChI=1S/C10H10Br2ClNO2/c1-16-10-7(12)4-6(13)5-8(10)14-9(15)2-3-11/h4-5H,2-3H2,1H3,(H,14,15). The van der Waals surface area contributed by atoms with E-state index in [2.05, 4.69) is 37.2 Å². The van der Waals surface area contributed by atoms with Gasteiger partial charge < -0.3 is 10.1 Å². The summed E-state index contributed by atoms with van der Waals surface area (Å²) < 4.78 is 5.88. The summed E-state index contributed by atoms with van der Waals surface area (Å²) in [4.78, 5) is 11.4. The van der Waals surface area contributed by atoms with Crippen molar-refractivity contribution in [2.24, 2.45) is 0 Å². The van der Waals surface area contributed by atoms with Crippen molar-refractivity contribution in [3.63, 3.8) is 0 Å². The van der Waals surface area contributed by atoms with E-state index >= 15 is 0 Å². The zero-order chi connectivity index (χ0) is 12.1. The highest BCUT2D eigenvalue weighted by atomic mass is 79.9. The Morgan fingerprint density at radius 1 is 1.56 bits per heavy atom. The number of alkyl halides is 1. The third-order valence-electron chi connectivity index (χ3n) is 1.81. The van der Waals surface area contributed by atoms with E-state index in [-0.39, 0.29) is 5.91 Å². The first-order valence-electron chi connectivity index (χ1n) is 4.47. The number of hydrogen-bond donors (Lipinski definition) is 1. The van der Waals surface area contributed by atoms with Crippen LogP contribution in [0.1, 0.15) is 6.42 Å². The molecule has 16 heavy (non-hydrogen) atoms. The van der Waals surface area contributed by atoms with Gasteiger partial charge in [0.1, 0.15) is 0 Å². The van der Waals surface area contributed by atoms with Gasteiger partial charge in [0.05, 0.1) is 17.3 Å². The molecule has 0 fully saturated rings. The predicted octanol–water partition coefficient (Wildman–Crippen LogP) is 3.83. The predicted molar refractivity (Wildman–Crippen MR) is 72.7 cm³/mol. The van der Waals surface area contributed by atoms with Crippen LogP contribution >= 0.6 is 43.5 Å². The maximum atomic E-state index is 11.4. The van der Waals surface area contributed by atoms with E-state index in [4.69, 9.17) is 16.3 Å². The lowest BCUT2D eigenvalue weighted by atomic mass is 10.3. The number of carbonyl (C=O) groups excluding carboxylic acids is 1. The minimum absolute atomic E-state index is 0.0932. The zero-order valence-electron chi connectivity index (χ0n) is 8.52. The first-order chi connectivity index (χ1) is 7.58. The normalized spacial score (nSPS) is 10.0. The maximum absolute atomic E-state index is 11.4. The van der Waals surface area contributed by atoms with Gasteiger partial charge in [-0.2, -0.15) is 0 Å². The molecule has 0 aromatic heterocycles. The molecule has 0 aliphatic carbocycles. The molecular formula is C10H10Br2ClNO2. The van der Waals surface area contributed by atoms with Crippen LogP contribution in [0.25, 0.3) is 0 Å². The van der Waals surface area contributed by atoms with Crippen LogP contribution in [0.5, 0.6) is 5.75 Å². The third kappa shape index (κ3) is 3.64. The van der Waals surface area contributed by atoms with Gasteiger partial charge in [-0.05, 0) is 28.1 Å². The van der Waals surface area contributed by atoms with E-state index in [9.17, 15) is 4.79 Å². The second-order valence-corrected chi connectivity index (χ2v) is 5.04. The van der Waals surface area contributed by atoms with Crippen LogP contribution in [0.2, 0.25) is 5.02 Å². The summed E-state index contributed by atoms with van der Waals surface area (Å²) in [5.74, 6) is 0.469. The number of hydrogen-bond acceptors (Lipinski definition) is 2. The van der Waals surface area contributed by atoms with Crippen LogP contribution in [-0.4, -0.2) is 18.3 Å². The van der Waals surface area contributed by atoms with Crippen molar-refractivity contribution in [1.82, 2.24) is 0 Å². The minimum Gasteiger partial charge on any atom is -0.493 e. The molecule has 0 radical (unpaired) electrons. The van der Waals surface area contributed by atoms with Gasteiger partial charge in [-0.25, -0.2) is 0 Å². The second-order valence-electron chi connectivity index (χ2n) is 2.96. The van der Waals surface area contributed by atoms with Gasteiger partial charge in [0.25, 0.3) is 0 Å². The highest BCUT2D eigenvalue weighted by molar-refractivity contribution is 9.10.